The summed E-state index contributed by atoms with van der Waals surface area (Å²) >= 11 is 3.21. The Labute approximate surface area is 100 Å². The average Bonchev–Trinajstić information content (AvgIpc) is 2.80. The minimum Gasteiger partial charge on any atom is -0.348 e. The maximum atomic E-state index is 11.7. The molecule has 0 saturated carbocycles. The topological polar surface area (TPSA) is 70.7 Å². The fraction of sp³-hybridized carbons (Fsp3) is 0.100. The van der Waals surface area contributed by atoms with E-state index in [1.165, 1.54) is 6.20 Å². The lowest BCUT2D eigenvalue weighted by Gasteiger charge is -2.02. The molecule has 5 nitrogen and oxygen atoms in total. The van der Waals surface area contributed by atoms with Gasteiger partial charge < -0.3 is 5.32 Å². The van der Waals surface area contributed by atoms with Crippen molar-refractivity contribution < 1.29 is 4.79 Å². The van der Waals surface area contributed by atoms with Crippen molar-refractivity contribution in [3.8, 4) is 0 Å². The highest BCUT2D eigenvalue weighted by Crippen LogP contribution is 2.06. The molecule has 0 spiro atoms. The third-order valence-corrected chi connectivity index (χ3v) is 2.47. The first-order chi connectivity index (χ1) is 7.75. The molecule has 0 atom stereocenters. The molecule has 2 aromatic heterocycles. The number of nitrogens with zero attached hydrogens (tertiary/aromatic N) is 2. The molecule has 0 saturated heterocycles. The average molecular weight is 281 g/mol. The van der Waals surface area contributed by atoms with E-state index in [9.17, 15) is 4.79 Å². The first-order valence-electron chi connectivity index (χ1n) is 4.63. The molecule has 0 aromatic carbocycles. The van der Waals surface area contributed by atoms with Crippen molar-refractivity contribution in [2.24, 2.45) is 0 Å². The van der Waals surface area contributed by atoms with Gasteiger partial charge in [-0.2, -0.15) is 5.10 Å². The van der Waals surface area contributed by atoms with Gasteiger partial charge in [0.05, 0.1) is 11.8 Å². The number of amides is 1. The van der Waals surface area contributed by atoms with Gasteiger partial charge in [0.2, 0.25) is 0 Å². The minimum absolute atomic E-state index is 0.152. The van der Waals surface area contributed by atoms with E-state index < -0.39 is 0 Å². The van der Waals surface area contributed by atoms with Crippen molar-refractivity contribution in [1.29, 1.82) is 0 Å². The van der Waals surface area contributed by atoms with Crippen LogP contribution in [0.3, 0.4) is 0 Å². The van der Waals surface area contributed by atoms with Crippen LogP contribution in [0, 0.1) is 0 Å². The number of carbonyl (C=O) groups is 1. The second kappa shape index (κ2) is 4.89. The van der Waals surface area contributed by atoms with E-state index >= 15 is 0 Å². The number of aromatic amines is 1. The highest BCUT2D eigenvalue weighted by molar-refractivity contribution is 9.10. The number of halogens is 1. The Bertz CT molecular complexity index is 466. The fourth-order valence-electron chi connectivity index (χ4n) is 1.17. The number of hydrogen-bond donors (Lipinski definition) is 2. The van der Waals surface area contributed by atoms with E-state index in [1.54, 1.807) is 24.5 Å². The van der Waals surface area contributed by atoms with Gasteiger partial charge in [0, 0.05) is 24.5 Å². The summed E-state index contributed by atoms with van der Waals surface area (Å²) < 4.78 is 0.707. The maximum Gasteiger partial charge on any atom is 0.253 e. The highest BCUT2D eigenvalue weighted by atomic mass is 79.9. The van der Waals surface area contributed by atoms with Gasteiger partial charge >= 0.3 is 0 Å². The van der Waals surface area contributed by atoms with E-state index in [0.717, 1.165) is 5.56 Å². The van der Waals surface area contributed by atoms with Gasteiger partial charge in [0.25, 0.3) is 5.91 Å². The van der Waals surface area contributed by atoms with Crippen LogP contribution >= 0.6 is 15.9 Å². The first kappa shape index (κ1) is 10.8. The van der Waals surface area contributed by atoms with Crippen LogP contribution in [0.5, 0.6) is 0 Å². The van der Waals surface area contributed by atoms with Crippen LogP contribution in [-0.2, 0) is 6.54 Å². The lowest BCUT2D eigenvalue weighted by atomic mass is 10.2. The maximum absolute atomic E-state index is 11.7. The van der Waals surface area contributed by atoms with Crippen molar-refractivity contribution in [3.63, 3.8) is 0 Å². The van der Waals surface area contributed by atoms with Crippen LogP contribution in [0.4, 0.5) is 0 Å². The molecule has 2 N–H and O–H groups in total. The molecule has 0 fully saturated rings. The van der Waals surface area contributed by atoms with Gasteiger partial charge in [-0.3, -0.25) is 9.89 Å². The highest BCUT2D eigenvalue weighted by Gasteiger charge is 2.05. The summed E-state index contributed by atoms with van der Waals surface area (Å²) in [4.78, 5) is 15.6. The summed E-state index contributed by atoms with van der Waals surface area (Å²) in [5, 5.41) is 9.24. The van der Waals surface area contributed by atoms with Gasteiger partial charge in [0.15, 0.2) is 0 Å². The number of nitrogens with one attached hydrogen (secondary N) is 2. The summed E-state index contributed by atoms with van der Waals surface area (Å²) in [6.07, 6.45) is 4.93. The monoisotopic (exact) mass is 280 g/mol. The Morgan fingerprint density at radius 2 is 2.31 bits per heavy atom. The molecule has 0 unspecified atom stereocenters. The number of hydrogen-bond acceptors (Lipinski definition) is 3. The minimum atomic E-state index is -0.152. The van der Waals surface area contributed by atoms with Gasteiger partial charge in [-0.05, 0) is 28.1 Å². The summed E-state index contributed by atoms with van der Waals surface area (Å²) in [5.74, 6) is -0.152. The molecule has 2 heterocycles. The Morgan fingerprint density at radius 1 is 1.44 bits per heavy atom. The SMILES string of the molecule is O=C(NCc1cn[nH]c1)c1ccc(Br)nc1. The zero-order chi connectivity index (χ0) is 11.4. The standard InChI is InChI=1S/C10H9BrN4O/c11-9-2-1-8(6-12-9)10(16)13-3-7-4-14-15-5-7/h1-2,4-6H,3H2,(H,13,16)(H,14,15). The van der Waals surface area contributed by atoms with Crippen LogP contribution in [0.2, 0.25) is 0 Å². The molecule has 0 aliphatic heterocycles. The van der Waals surface area contributed by atoms with Crippen molar-refractivity contribution >= 4 is 21.8 Å². The molecule has 0 radical (unpaired) electrons. The van der Waals surface area contributed by atoms with Crippen LogP contribution in [0.25, 0.3) is 0 Å². The fourth-order valence-corrected chi connectivity index (χ4v) is 1.40. The Kier molecular flexibility index (Phi) is 3.31. The zero-order valence-corrected chi connectivity index (χ0v) is 9.86. The second-order valence-corrected chi connectivity index (χ2v) is 3.97. The van der Waals surface area contributed by atoms with Crippen LogP contribution in [-0.4, -0.2) is 21.1 Å². The van der Waals surface area contributed by atoms with E-state index in [1.807, 2.05) is 0 Å². The van der Waals surface area contributed by atoms with Crippen LogP contribution in [0.15, 0.2) is 35.3 Å². The molecule has 1 amide bonds. The zero-order valence-electron chi connectivity index (χ0n) is 8.27. The lowest BCUT2D eigenvalue weighted by molar-refractivity contribution is 0.0950. The summed E-state index contributed by atoms with van der Waals surface area (Å²) in [6, 6.07) is 3.44. The van der Waals surface area contributed by atoms with Gasteiger partial charge in [-0.1, -0.05) is 0 Å². The van der Waals surface area contributed by atoms with Gasteiger partial charge in [0.1, 0.15) is 4.60 Å². The molecule has 0 bridgehead atoms. The summed E-state index contributed by atoms with van der Waals surface area (Å²) in [5.41, 5.74) is 1.46. The Hall–Kier alpha value is -1.69. The van der Waals surface area contributed by atoms with E-state index in [2.05, 4.69) is 36.4 Å². The molecule has 0 aliphatic rings. The third kappa shape index (κ3) is 2.66. The largest absolute Gasteiger partial charge is 0.348 e. The number of pyridine rings is 1. The molecular weight excluding hydrogens is 272 g/mol. The molecule has 6 heteroatoms. The van der Waals surface area contributed by atoms with Crippen LogP contribution in [0.1, 0.15) is 15.9 Å². The quantitative estimate of drug-likeness (QED) is 0.837. The van der Waals surface area contributed by atoms with Crippen molar-refractivity contribution in [3.05, 3.63) is 46.5 Å². The second-order valence-electron chi connectivity index (χ2n) is 3.16. The number of rotatable bonds is 3. The van der Waals surface area contributed by atoms with E-state index in [-0.39, 0.29) is 5.91 Å². The molecule has 16 heavy (non-hydrogen) atoms. The predicted octanol–water partition coefficient (Wildman–Crippen LogP) is 1.50. The number of carbonyl (C=O) groups excluding carboxylic acids is 1. The number of H-pyrrole nitrogens is 1. The summed E-state index contributed by atoms with van der Waals surface area (Å²) in [7, 11) is 0. The van der Waals surface area contributed by atoms with E-state index in [0.29, 0.717) is 16.7 Å². The molecule has 2 aromatic rings. The van der Waals surface area contributed by atoms with E-state index in [4.69, 9.17) is 0 Å². The first-order valence-corrected chi connectivity index (χ1v) is 5.42. The normalized spacial score (nSPS) is 10.1. The lowest BCUT2D eigenvalue weighted by Crippen LogP contribution is -2.22. The third-order valence-electron chi connectivity index (χ3n) is 2.00. The van der Waals surface area contributed by atoms with Gasteiger partial charge in [-0.25, -0.2) is 4.98 Å². The molecule has 82 valence electrons. The Balaban J connectivity index is 1.95. The van der Waals surface area contributed by atoms with Crippen LogP contribution < -0.4 is 5.32 Å². The van der Waals surface area contributed by atoms with Gasteiger partial charge in [-0.15, -0.1) is 0 Å². The molecular formula is C10H9BrN4O. The molecule has 2 rings (SSSR count). The Morgan fingerprint density at radius 3 is 2.94 bits per heavy atom. The van der Waals surface area contributed by atoms with Crippen molar-refractivity contribution in [2.75, 3.05) is 0 Å². The number of aromatic nitrogens is 3. The van der Waals surface area contributed by atoms with Crippen molar-refractivity contribution in [1.82, 2.24) is 20.5 Å². The molecule has 0 aliphatic carbocycles. The smallest absolute Gasteiger partial charge is 0.253 e. The predicted molar refractivity (Wildman–Crippen MR) is 61.7 cm³/mol. The summed E-state index contributed by atoms with van der Waals surface area (Å²) in [6.45, 7) is 0.450. The van der Waals surface area contributed by atoms with Crippen molar-refractivity contribution in [2.45, 2.75) is 6.54 Å².